The topological polar surface area (TPSA) is 69.6 Å². The van der Waals surface area contributed by atoms with E-state index in [1.807, 2.05) is 4.90 Å². The van der Waals surface area contributed by atoms with Crippen molar-refractivity contribution >= 4 is 11.8 Å². The first-order valence-corrected chi connectivity index (χ1v) is 9.85. The molecule has 0 spiro atoms. The number of aliphatic hydroxyl groups excluding tert-OH is 1. The van der Waals surface area contributed by atoms with E-state index in [9.17, 15) is 14.7 Å². The van der Waals surface area contributed by atoms with Gasteiger partial charge in [-0.25, -0.2) is 0 Å². The third-order valence-corrected chi connectivity index (χ3v) is 5.98. The van der Waals surface area contributed by atoms with E-state index in [1.165, 1.54) is 32.1 Å². The van der Waals surface area contributed by atoms with Gasteiger partial charge in [-0.3, -0.25) is 9.59 Å². The quantitative estimate of drug-likeness (QED) is 0.781. The van der Waals surface area contributed by atoms with Crippen LogP contribution in [0.15, 0.2) is 0 Å². The second kappa shape index (κ2) is 7.85. The van der Waals surface area contributed by atoms with Crippen LogP contribution in [-0.2, 0) is 9.59 Å². The lowest BCUT2D eigenvalue weighted by Gasteiger charge is -2.33. The molecule has 3 atom stereocenters. The molecule has 1 heterocycles. The van der Waals surface area contributed by atoms with Gasteiger partial charge in [0.05, 0.1) is 6.10 Å². The van der Waals surface area contributed by atoms with Crippen molar-refractivity contribution in [2.45, 2.75) is 89.3 Å². The first-order valence-electron chi connectivity index (χ1n) is 9.85. The highest BCUT2D eigenvalue weighted by Gasteiger charge is 2.39. The average molecular weight is 336 g/mol. The molecule has 136 valence electrons. The molecule has 3 unspecified atom stereocenters. The average Bonchev–Trinajstić information content (AvgIpc) is 3.33. The van der Waals surface area contributed by atoms with Crippen molar-refractivity contribution in [1.82, 2.24) is 10.2 Å². The van der Waals surface area contributed by atoms with Crippen LogP contribution in [0.25, 0.3) is 0 Å². The second-order valence-corrected chi connectivity index (χ2v) is 8.07. The first-order chi connectivity index (χ1) is 11.6. The molecule has 5 heteroatoms. The van der Waals surface area contributed by atoms with E-state index in [1.54, 1.807) is 6.92 Å². The molecule has 2 amide bonds. The highest BCUT2D eigenvalue weighted by Crippen LogP contribution is 2.33. The van der Waals surface area contributed by atoms with Crippen molar-refractivity contribution < 1.29 is 14.7 Å². The van der Waals surface area contributed by atoms with Gasteiger partial charge < -0.3 is 15.3 Å². The Labute approximate surface area is 145 Å². The summed E-state index contributed by atoms with van der Waals surface area (Å²) in [5.74, 6) is 0.633. The van der Waals surface area contributed by atoms with Gasteiger partial charge in [-0.05, 0) is 44.9 Å². The number of rotatable bonds is 6. The number of carbonyl (C=O) groups excluding carboxylic acids is 2. The van der Waals surface area contributed by atoms with E-state index in [0.29, 0.717) is 6.04 Å². The van der Waals surface area contributed by atoms with Crippen LogP contribution >= 0.6 is 0 Å². The lowest BCUT2D eigenvalue weighted by molar-refractivity contribution is -0.140. The van der Waals surface area contributed by atoms with Crippen LogP contribution in [0.3, 0.4) is 0 Å². The molecule has 1 saturated heterocycles. The third kappa shape index (κ3) is 4.29. The molecule has 2 saturated carbocycles. The summed E-state index contributed by atoms with van der Waals surface area (Å²) >= 11 is 0. The lowest BCUT2D eigenvalue weighted by atomic mass is 9.84. The van der Waals surface area contributed by atoms with Crippen molar-refractivity contribution in [3.63, 3.8) is 0 Å². The number of nitrogens with one attached hydrogen (secondary N) is 1. The number of likely N-dealkylation sites (tertiary alicyclic amines) is 1. The molecule has 0 aromatic carbocycles. The van der Waals surface area contributed by atoms with Crippen LogP contribution in [0.1, 0.15) is 71.1 Å². The van der Waals surface area contributed by atoms with Crippen molar-refractivity contribution in [2.24, 2.45) is 11.8 Å². The summed E-state index contributed by atoms with van der Waals surface area (Å²) in [6.07, 6.45) is 10.7. The molecule has 2 aliphatic carbocycles. The van der Waals surface area contributed by atoms with Crippen LogP contribution in [0.4, 0.5) is 0 Å². The van der Waals surface area contributed by atoms with Crippen LogP contribution < -0.4 is 5.32 Å². The Morgan fingerprint density at radius 3 is 2.42 bits per heavy atom. The number of amides is 2. The molecule has 0 radical (unpaired) electrons. The Morgan fingerprint density at radius 1 is 1.08 bits per heavy atom. The minimum Gasteiger partial charge on any atom is -0.391 e. The molecular formula is C19H32N2O3. The summed E-state index contributed by atoms with van der Waals surface area (Å²) in [4.78, 5) is 27.0. The predicted molar refractivity (Wildman–Crippen MR) is 92.3 cm³/mol. The zero-order valence-electron chi connectivity index (χ0n) is 14.9. The molecule has 1 aliphatic heterocycles. The van der Waals surface area contributed by atoms with E-state index in [4.69, 9.17) is 0 Å². The number of hydrogen-bond donors (Lipinski definition) is 2. The molecular weight excluding hydrogens is 304 g/mol. The van der Waals surface area contributed by atoms with Gasteiger partial charge in [-0.2, -0.15) is 0 Å². The fourth-order valence-electron chi connectivity index (χ4n) is 4.36. The Balaban J connectivity index is 1.60. The summed E-state index contributed by atoms with van der Waals surface area (Å²) in [6, 6.07) is -0.496. The first kappa shape index (κ1) is 17.7. The maximum atomic E-state index is 13.0. The number of hydrogen-bond acceptors (Lipinski definition) is 3. The summed E-state index contributed by atoms with van der Waals surface area (Å²) in [7, 11) is 0. The van der Waals surface area contributed by atoms with Crippen molar-refractivity contribution in [2.75, 3.05) is 6.54 Å². The number of nitrogens with zero attached hydrogens (tertiary/aromatic N) is 1. The lowest BCUT2D eigenvalue weighted by Crippen LogP contribution is -2.55. The van der Waals surface area contributed by atoms with Gasteiger partial charge in [-0.15, -0.1) is 0 Å². The largest absolute Gasteiger partial charge is 0.391 e. The van der Waals surface area contributed by atoms with Gasteiger partial charge in [0.15, 0.2) is 0 Å². The number of aliphatic hydroxyl groups is 1. The summed E-state index contributed by atoms with van der Waals surface area (Å²) in [5.41, 5.74) is 0. The molecule has 0 aromatic rings. The van der Waals surface area contributed by atoms with Gasteiger partial charge in [-0.1, -0.05) is 32.1 Å². The Bertz CT molecular complexity index is 456. The van der Waals surface area contributed by atoms with Gasteiger partial charge in [0, 0.05) is 18.5 Å². The highest BCUT2D eigenvalue weighted by molar-refractivity contribution is 5.90. The molecule has 3 fully saturated rings. The van der Waals surface area contributed by atoms with E-state index >= 15 is 0 Å². The van der Waals surface area contributed by atoms with E-state index in [0.717, 1.165) is 44.6 Å². The van der Waals surface area contributed by atoms with Gasteiger partial charge in [0.2, 0.25) is 11.8 Å². The smallest absolute Gasteiger partial charge is 0.248 e. The van der Waals surface area contributed by atoms with Crippen LogP contribution in [0.2, 0.25) is 0 Å². The standard InChI is InChI=1S/C19H32N2O3/c1-13(22)17(20-18(23)15-9-10-15)19(24)21-11-5-8-16(21)12-14-6-3-2-4-7-14/h13-17,22H,2-12H2,1H3,(H,20,23). The highest BCUT2D eigenvalue weighted by atomic mass is 16.3. The second-order valence-electron chi connectivity index (χ2n) is 8.07. The minimum atomic E-state index is -0.851. The summed E-state index contributed by atoms with van der Waals surface area (Å²) in [6.45, 7) is 2.36. The van der Waals surface area contributed by atoms with Crippen molar-refractivity contribution in [1.29, 1.82) is 0 Å². The van der Waals surface area contributed by atoms with Gasteiger partial charge >= 0.3 is 0 Å². The maximum absolute atomic E-state index is 13.0. The van der Waals surface area contributed by atoms with E-state index in [-0.39, 0.29) is 17.7 Å². The van der Waals surface area contributed by atoms with E-state index in [2.05, 4.69) is 5.32 Å². The minimum absolute atomic E-state index is 0.0515. The Hall–Kier alpha value is -1.10. The molecule has 0 aromatic heterocycles. The van der Waals surface area contributed by atoms with Crippen molar-refractivity contribution in [3.05, 3.63) is 0 Å². The number of carbonyl (C=O) groups is 2. The molecule has 0 bridgehead atoms. The maximum Gasteiger partial charge on any atom is 0.248 e. The fourth-order valence-corrected chi connectivity index (χ4v) is 4.36. The monoisotopic (exact) mass is 336 g/mol. The summed E-state index contributed by atoms with van der Waals surface area (Å²) in [5, 5.41) is 12.8. The van der Waals surface area contributed by atoms with Gasteiger partial charge in [0.1, 0.15) is 6.04 Å². The SMILES string of the molecule is CC(O)C(NC(=O)C1CC1)C(=O)N1CCCC1CC1CCCCC1. The van der Waals surface area contributed by atoms with Gasteiger partial charge in [0.25, 0.3) is 0 Å². The molecule has 24 heavy (non-hydrogen) atoms. The fraction of sp³-hybridized carbons (Fsp3) is 0.895. The normalized spacial score (nSPS) is 27.8. The third-order valence-electron chi connectivity index (χ3n) is 5.98. The molecule has 5 nitrogen and oxygen atoms in total. The van der Waals surface area contributed by atoms with Crippen LogP contribution in [0, 0.1) is 11.8 Å². The molecule has 3 aliphatic rings. The zero-order chi connectivity index (χ0) is 17.1. The summed E-state index contributed by atoms with van der Waals surface area (Å²) < 4.78 is 0. The predicted octanol–water partition coefficient (Wildman–Crippen LogP) is 2.22. The zero-order valence-corrected chi connectivity index (χ0v) is 14.9. The Morgan fingerprint density at radius 2 is 1.79 bits per heavy atom. The van der Waals surface area contributed by atoms with Crippen molar-refractivity contribution in [3.8, 4) is 0 Å². The molecule has 2 N–H and O–H groups in total. The van der Waals surface area contributed by atoms with Crippen LogP contribution in [0.5, 0.6) is 0 Å². The Kier molecular flexibility index (Phi) is 5.80. The molecule has 3 rings (SSSR count). The van der Waals surface area contributed by atoms with E-state index < -0.39 is 12.1 Å². The van der Waals surface area contributed by atoms with Crippen LogP contribution in [-0.4, -0.2) is 46.6 Å².